The maximum absolute atomic E-state index is 13.9. The Morgan fingerprint density at radius 1 is 1.50 bits per heavy atom. The largest absolute Gasteiger partial charge is 0.357 e. The number of rotatable bonds is 5. The molecular weight excluding hydrogens is 207 g/mol. The summed E-state index contributed by atoms with van der Waals surface area (Å²) < 4.78 is 13.9. The first-order valence-corrected chi connectivity index (χ1v) is 5.50. The Labute approximate surface area is 95.7 Å². The van der Waals surface area contributed by atoms with E-state index in [1.165, 1.54) is 6.33 Å². The van der Waals surface area contributed by atoms with Crippen LogP contribution in [-0.4, -0.2) is 30.1 Å². The molecule has 90 valence electrons. The predicted octanol–water partition coefficient (Wildman–Crippen LogP) is 1.21. The number of hydrogen-bond acceptors (Lipinski definition) is 4. The molecule has 0 fully saturated rings. The van der Waals surface area contributed by atoms with Crippen LogP contribution in [0.1, 0.15) is 19.5 Å². The summed E-state index contributed by atoms with van der Waals surface area (Å²) in [7, 11) is 1.82. The van der Waals surface area contributed by atoms with E-state index < -0.39 is 0 Å². The van der Waals surface area contributed by atoms with Gasteiger partial charge in [-0.1, -0.05) is 13.8 Å². The van der Waals surface area contributed by atoms with Crippen LogP contribution in [0.25, 0.3) is 0 Å². The van der Waals surface area contributed by atoms with Crippen molar-refractivity contribution < 1.29 is 4.39 Å². The van der Waals surface area contributed by atoms with Gasteiger partial charge in [0.1, 0.15) is 6.33 Å². The molecular formula is C11H19FN4. The molecule has 0 bridgehead atoms. The fourth-order valence-corrected chi connectivity index (χ4v) is 1.54. The van der Waals surface area contributed by atoms with Crippen molar-refractivity contribution in [2.45, 2.75) is 20.3 Å². The van der Waals surface area contributed by atoms with Crippen LogP contribution in [0.2, 0.25) is 0 Å². The minimum Gasteiger partial charge on any atom is -0.357 e. The van der Waals surface area contributed by atoms with E-state index in [1.54, 1.807) is 4.90 Å². The molecule has 0 saturated heterocycles. The van der Waals surface area contributed by atoms with Crippen molar-refractivity contribution in [3.8, 4) is 0 Å². The van der Waals surface area contributed by atoms with Gasteiger partial charge in [-0.25, -0.2) is 14.4 Å². The summed E-state index contributed by atoms with van der Waals surface area (Å²) in [6.07, 6.45) is 1.97. The second kappa shape index (κ2) is 5.75. The van der Waals surface area contributed by atoms with E-state index in [-0.39, 0.29) is 5.82 Å². The number of anilines is 1. The van der Waals surface area contributed by atoms with Crippen LogP contribution in [-0.2, 0) is 6.42 Å². The second-order valence-corrected chi connectivity index (χ2v) is 4.03. The first kappa shape index (κ1) is 12.8. The molecule has 0 amide bonds. The molecule has 16 heavy (non-hydrogen) atoms. The van der Waals surface area contributed by atoms with Crippen molar-refractivity contribution in [3.05, 3.63) is 17.8 Å². The quantitative estimate of drug-likeness (QED) is 0.820. The maximum atomic E-state index is 13.9. The van der Waals surface area contributed by atoms with Crippen LogP contribution in [0.3, 0.4) is 0 Å². The van der Waals surface area contributed by atoms with E-state index in [1.807, 2.05) is 20.9 Å². The summed E-state index contributed by atoms with van der Waals surface area (Å²) in [6.45, 7) is 5.17. The summed E-state index contributed by atoms with van der Waals surface area (Å²) in [5.74, 6) is 0.341. The second-order valence-electron chi connectivity index (χ2n) is 4.03. The SMILES string of the molecule is CCc1ncnc(N(C)CC(C)CN)c1F. The Balaban J connectivity index is 2.86. The van der Waals surface area contributed by atoms with Crippen molar-refractivity contribution in [3.63, 3.8) is 0 Å². The van der Waals surface area contributed by atoms with Crippen LogP contribution < -0.4 is 10.6 Å². The molecule has 1 unspecified atom stereocenters. The normalized spacial score (nSPS) is 12.6. The Morgan fingerprint density at radius 3 is 2.75 bits per heavy atom. The summed E-state index contributed by atoms with van der Waals surface area (Å²) in [4.78, 5) is 9.66. The lowest BCUT2D eigenvalue weighted by atomic mass is 10.2. The number of halogens is 1. The van der Waals surface area contributed by atoms with E-state index >= 15 is 0 Å². The molecule has 0 spiro atoms. The third-order valence-corrected chi connectivity index (χ3v) is 2.53. The van der Waals surface area contributed by atoms with Gasteiger partial charge in [0.15, 0.2) is 11.6 Å². The average molecular weight is 226 g/mol. The molecule has 4 nitrogen and oxygen atoms in total. The highest BCUT2D eigenvalue weighted by Crippen LogP contribution is 2.17. The standard InChI is InChI=1S/C11H19FN4/c1-4-9-10(12)11(15-7-14-9)16(3)6-8(2)5-13/h7-8H,4-6,13H2,1-3H3. The summed E-state index contributed by atoms with van der Waals surface area (Å²) in [5.41, 5.74) is 6.00. The van der Waals surface area contributed by atoms with E-state index in [4.69, 9.17) is 5.73 Å². The zero-order valence-electron chi connectivity index (χ0n) is 10.1. The third kappa shape index (κ3) is 2.88. The van der Waals surface area contributed by atoms with Crippen LogP contribution in [0, 0.1) is 11.7 Å². The maximum Gasteiger partial charge on any atom is 0.187 e. The lowest BCUT2D eigenvalue weighted by molar-refractivity contribution is 0.557. The van der Waals surface area contributed by atoms with Crippen molar-refractivity contribution in [2.75, 3.05) is 25.0 Å². The Bertz CT molecular complexity index is 343. The van der Waals surface area contributed by atoms with Gasteiger partial charge in [0.05, 0.1) is 5.69 Å². The molecule has 1 aromatic heterocycles. The fourth-order valence-electron chi connectivity index (χ4n) is 1.54. The monoisotopic (exact) mass is 226 g/mol. The van der Waals surface area contributed by atoms with Crippen molar-refractivity contribution in [1.29, 1.82) is 0 Å². The van der Waals surface area contributed by atoms with Gasteiger partial charge in [0.2, 0.25) is 0 Å². The highest BCUT2D eigenvalue weighted by atomic mass is 19.1. The fraction of sp³-hybridized carbons (Fsp3) is 0.636. The molecule has 0 aliphatic rings. The summed E-state index contributed by atoms with van der Waals surface area (Å²) in [6, 6.07) is 0. The van der Waals surface area contributed by atoms with E-state index in [0.29, 0.717) is 36.9 Å². The van der Waals surface area contributed by atoms with Gasteiger partial charge in [-0.05, 0) is 18.9 Å². The number of aryl methyl sites for hydroxylation is 1. The van der Waals surface area contributed by atoms with E-state index in [9.17, 15) is 4.39 Å². The lowest BCUT2D eigenvalue weighted by Gasteiger charge is -2.22. The van der Waals surface area contributed by atoms with Gasteiger partial charge in [-0.3, -0.25) is 0 Å². The van der Waals surface area contributed by atoms with Crippen molar-refractivity contribution >= 4 is 5.82 Å². The van der Waals surface area contributed by atoms with Gasteiger partial charge in [0.25, 0.3) is 0 Å². The Kier molecular flexibility index (Phi) is 4.61. The topological polar surface area (TPSA) is 55.0 Å². The van der Waals surface area contributed by atoms with Crippen molar-refractivity contribution in [2.24, 2.45) is 11.7 Å². The molecule has 2 N–H and O–H groups in total. The molecule has 0 aliphatic carbocycles. The molecule has 1 aromatic rings. The van der Waals surface area contributed by atoms with Gasteiger partial charge in [-0.2, -0.15) is 0 Å². The molecule has 0 radical (unpaired) electrons. The van der Waals surface area contributed by atoms with Gasteiger partial charge in [0, 0.05) is 13.6 Å². The number of aromatic nitrogens is 2. The number of nitrogens with two attached hydrogens (primary N) is 1. The Hall–Kier alpha value is -1.23. The van der Waals surface area contributed by atoms with E-state index in [2.05, 4.69) is 9.97 Å². The minimum absolute atomic E-state index is 0.310. The Morgan fingerprint density at radius 2 is 2.19 bits per heavy atom. The molecule has 5 heteroatoms. The zero-order valence-corrected chi connectivity index (χ0v) is 10.1. The van der Waals surface area contributed by atoms with E-state index in [0.717, 1.165) is 0 Å². The zero-order chi connectivity index (χ0) is 12.1. The van der Waals surface area contributed by atoms with Gasteiger partial charge >= 0.3 is 0 Å². The average Bonchev–Trinajstić information content (AvgIpc) is 2.29. The molecule has 0 saturated carbocycles. The highest BCUT2D eigenvalue weighted by Gasteiger charge is 2.14. The van der Waals surface area contributed by atoms with Crippen LogP contribution in [0.15, 0.2) is 6.33 Å². The molecule has 1 rings (SSSR count). The first-order chi connectivity index (χ1) is 7.60. The molecule has 0 aliphatic heterocycles. The third-order valence-electron chi connectivity index (χ3n) is 2.53. The summed E-state index contributed by atoms with van der Waals surface area (Å²) >= 11 is 0. The van der Waals surface area contributed by atoms with Crippen LogP contribution in [0.5, 0.6) is 0 Å². The van der Waals surface area contributed by atoms with Gasteiger partial charge in [-0.15, -0.1) is 0 Å². The molecule has 0 aromatic carbocycles. The van der Waals surface area contributed by atoms with Crippen LogP contribution >= 0.6 is 0 Å². The highest BCUT2D eigenvalue weighted by molar-refractivity contribution is 5.40. The minimum atomic E-state index is -0.322. The molecule has 1 atom stereocenters. The number of hydrogen-bond donors (Lipinski definition) is 1. The first-order valence-electron chi connectivity index (χ1n) is 5.50. The van der Waals surface area contributed by atoms with Crippen molar-refractivity contribution in [1.82, 2.24) is 9.97 Å². The van der Waals surface area contributed by atoms with Gasteiger partial charge < -0.3 is 10.6 Å². The smallest absolute Gasteiger partial charge is 0.187 e. The lowest BCUT2D eigenvalue weighted by Crippen LogP contribution is -2.29. The number of nitrogens with zero attached hydrogens (tertiary/aromatic N) is 3. The summed E-state index contributed by atoms with van der Waals surface area (Å²) in [5, 5.41) is 0. The van der Waals surface area contributed by atoms with Crippen LogP contribution in [0.4, 0.5) is 10.2 Å². The predicted molar refractivity (Wildman–Crippen MR) is 62.9 cm³/mol. The molecule has 1 heterocycles.